The molecule has 20 heavy (non-hydrogen) atoms. The molecule has 0 atom stereocenters. The lowest BCUT2D eigenvalue weighted by molar-refractivity contribution is 0.102. The van der Waals surface area contributed by atoms with E-state index in [1.807, 2.05) is 0 Å². The van der Waals surface area contributed by atoms with Gasteiger partial charge in [-0.1, -0.05) is 23.2 Å². The SMILES string of the molecule is Cn1nc(C(=O)Nc2cc(Cl)c(N)c(Cl)c2)ccc1=O. The second-order valence-corrected chi connectivity index (χ2v) is 4.80. The van der Waals surface area contributed by atoms with Crippen LogP contribution in [0.15, 0.2) is 29.1 Å². The van der Waals surface area contributed by atoms with Gasteiger partial charge in [0.2, 0.25) is 0 Å². The molecule has 0 unspecified atom stereocenters. The first kappa shape index (κ1) is 14.4. The standard InChI is InChI=1S/C12H10Cl2N4O2/c1-18-10(19)3-2-9(17-18)12(20)16-6-4-7(13)11(15)8(14)5-6/h2-5H,15H2,1H3,(H,16,20). The van der Waals surface area contributed by atoms with Crippen LogP contribution in [-0.2, 0) is 7.05 Å². The topological polar surface area (TPSA) is 90.0 Å². The van der Waals surface area contributed by atoms with Crippen LogP contribution in [0, 0.1) is 0 Å². The summed E-state index contributed by atoms with van der Waals surface area (Å²) < 4.78 is 1.07. The van der Waals surface area contributed by atoms with Gasteiger partial charge in [-0.05, 0) is 18.2 Å². The van der Waals surface area contributed by atoms with Crippen molar-refractivity contribution in [3.63, 3.8) is 0 Å². The molecule has 104 valence electrons. The molecule has 0 aliphatic heterocycles. The zero-order chi connectivity index (χ0) is 14.9. The molecule has 1 amide bonds. The molecule has 1 heterocycles. The van der Waals surface area contributed by atoms with E-state index in [0.29, 0.717) is 5.69 Å². The van der Waals surface area contributed by atoms with Gasteiger partial charge in [0.15, 0.2) is 0 Å². The minimum absolute atomic E-state index is 0.0937. The van der Waals surface area contributed by atoms with Crippen molar-refractivity contribution in [2.24, 2.45) is 7.05 Å². The van der Waals surface area contributed by atoms with Crippen molar-refractivity contribution in [1.29, 1.82) is 0 Å². The van der Waals surface area contributed by atoms with Crippen molar-refractivity contribution >= 4 is 40.5 Å². The van der Waals surface area contributed by atoms with Gasteiger partial charge in [-0.2, -0.15) is 5.10 Å². The third-order valence-corrected chi connectivity index (χ3v) is 3.16. The first-order valence-electron chi connectivity index (χ1n) is 5.48. The minimum atomic E-state index is -0.488. The third kappa shape index (κ3) is 2.92. The molecule has 0 bridgehead atoms. The molecule has 1 aromatic carbocycles. The quantitative estimate of drug-likeness (QED) is 0.829. The average Bonchev–Trinajstić information content (AvgIpc) is 2.39. The highest BCUT2D eigenvalue weighted by Gasteiger charge is 2.11. The molecule has 0 radical (unpaired) electrons. The van der Waals surface area contributed by atoms with Gasteiger partial charge in [0.05, 0.1) is 15.7 Å². The number of nitrogens with one attached hydrogen (secondary N) is 1. The number of aryl methyl sites for hydroxylation is 1. The predicted molar refractivity (Wildman–Crippen MR) is 78.3 cm³/mol. The van der Waals surface area contributed by atoms with E-state index in [9.17, 15) is 9.59 Å². The smallest absolute Gasteiger partial charge is 0.276 e. The lowest BCUT2D eigenvalue weighted by atomic mass is 10.2. The monoisotopic (exact) mass is 312 g/mol. The Morgan fingerprint density at radius 1 is 1.30 bits per heavy atom. The summed E-state index contributed by atoms with van der Waals surface area (Å²) >= 11 is 11.7. The van der Waals surface area contributed by atoms with Crippen LogP contribution in [0.3, 0.4) is 0 Å². The van der Waals surface area contributed by atoms with Gasteiger partial charge < -0.3 is 11.1 Å². The van der Waals surface area contributed by atoms with Crippen molar-refractivity contribution in [2.45, 2.75) is 0 Å². The Labute approximate surface area is 124 Å². The summed E-state index contributed by atoms with van der Waals surface area (Å²) in [5.41, 5.74) is 6.02. The summed E-state index contributed by atoms with van der Waals surface area (Å²) in [6, 6.07) is 5.54. The molecule has 0 aliphatic carbocycles. The van der Waals surface area contributed by atoms with Crippen LogP contribution in [0.25, 0.3) is 0 Å². The van der Waals surface area contributed by atoms with Gasteiger partial charge in [-0.25, -0.2) is 4.68 Å². The number of aromatic nitrogens is 2. The molecule has 0 fully saturated rings. The molecule has 0 spiro atoms. The van der Waals surface area contributed by atoms with Gasteiger partial charge in [0.1, 0.15) is 5.69 Å². The van der Waals surface area contributed by atoms with Crippen LogP contribution >= 0.6 is 23.2 Å². The summed E-state index contributed by atoms with van der Waals surface area (Å²) in [7, 11) is 1.45. The molecule has 1 aromatic heterocycles. The average molecular weight is 313 g/mol. The zero-order valence-corrected chi connectivity index (χ0v) is 11.9. The largest absolute Gasteiger partial charge is 0.396 e. The molecule has 3 N–H and O–H groups in total. The number of rotatable bonds is 2. The Morgan fingerprint density at radius 2 is 1.90 bits per heavy atom. The van der Waals surface area contributed by atoms with E-state index in [1.54, 1.807) is 0 Å². The molecule has 0 aliphatic rings. The Balaban J connectivity index is 2.27. The van der Waals surface area contributed by atoms with E-state index in [0.717, 1.165) is 4.68 Å². The second-order valence-electron chi connectivity index (χ2n) is 3.99. The fourth-order valence-corrected chi connectivity index (χ4v) is 1.96. The molecule has 0 saturated carbocycles. The van der Waals surface area contributed by atoms with Crippen LogP contribution in [-0.4, -0.2) is 15.7 Å². The van der Waals surface area contributed by atoms with E-state index < -0.39 is 5.91 Å². The highest BCUT2D eigenvalue weighted by atomic mass is 35.5. The van der Waals surface area contributed by atoms with Crippen molar-refractivity contribution in [1.82, 2.24) is 9.78 Å². The summed E-state index contributed by atoms with van der Waals surface area (Å²) in [5.74, 6) is -0.488. The molecule has 0 saturated heterocycles. The van der Waals surface area contributed by atoms with E-state index in [4.69, 9.17) is 28.9 Å². The lowest BCUT2D eigenvalue weighted by Crippen LogP contribution is -2.23. The Kier molecular flexibility index (Phi) is 3.96. The summed E-state index contributed by atoms with van der Waals surface area (Å²) in [6.07, 6.45) is 0. The lowest BCUT2D eigenvalue weighted by Gasteiger charge is -2.08. The van der Waals surface area contributed by atoms with Gasteiger partial charge in [0.25, 0.3) is 11.5 Å². The van der Waals surface area contributed by atoms with Crippen LogP contribution in [0.4, 0.5) is 11.4 Å². The maximum absolute atomic E-state index is 12.0. The number of hydrogen-bond donors (Lipinski definition) is 2. The van der Waals surface area contributed by atoms with Crippen molar-refractivity contribution in [2.75, 3.05) is 11.1 Å². The van der Waals surface area contributed by atoms with Crippen LogP contribution in [0.5, 0.6) is 0 Å². The molecule has 6 nitrogen and oxygen atoms in total. The second kappa shape index (κ2) is 5.52. The zero-order valence-electron chi connectivity index (χ0n) is 10.4. The number of hydrogen-bond acceptors (Lipinski definition) is 4. The van der Waals surface area contributed by atoms with Gasteiger partial charge in [0, 0.05) is 18.8 Å². The predicted octanol–water partition coefficient (Wildman–Crippen LogP) is 1.92. The maximum atomic E-state index is 12.0. The maximum Gasteiger partial charge on any atom is 0.276 e. The number of nitrogen functional groups attached to an aromatic ring is 1. The first-order chi connectivity index (χ1) is 9.38. The van der Waals surface area contributed by atoms with Crippen molar-refractivity contribution < 1.29 is 4.79 Å². The Bertz CT molecular complexity index is 719. The van der Waals surface area contributed by atoms with Crippen LogP contribution < -0.4 is 16.6 Å². The van der Waals surface area contributed by atoms with Gasteiger partial charge >= 0.3 is 0 Å². The number of carbonyl (C=O) groups is 1. The number of anilines is 2. The van der Waals surface area contributed by atoms with E-state index in [2.05, 4.69) is 10.4 Å². The fourth-order valence-electron chi connectivity index (χ4n) is 1.48. The summed E-state index contributed by atoms with van der Waals surface area (Å²) in [4.78, 5) is 23.2. The highest BCUT2D eigenvalue weighted by Crippen LogP contribution is 2.31. The van der Waals surface area contributed by atoms with Crippen LogP contribution in [0.2, 0.25) is 10.0 Å². The van der Waals surface area contributed by atoms with E-state index in [1.165, 1.54) is 31.3 Å². The third-order valence-electron chi connectivity index (χ3n) is 2.53. The van der Waals surface area contributed by atoms with Gasteiger partial charge in [-0.15, -0.1) is 0 Å². The molecule has 8 heteroatoms. The molecule has 2 rings (SSSR count). The van der Waals surface area contributed by atoms with Crippen LogP contribution in [0.1, 0.15) is 10.5 Å². The number of carbonyl (C=O) groups excluding carboxylic acids is 1. The number of nitrogens with zero attached hydrogens (tertiary/aromatic N) is 2. The number of amides is 1. The fraction of sp³-hybridized carbons (Fsp3) is 0.0833. The van der Waals surface area contributed by atoms with E-state index in [-0.39, 0.29) is 27.0 Å². The van der Waals surface area contributed by atoms with Gasteiger partial charge in [-0.3, -0.25) is 9.59 Å². The first-order valence-corrected chi connectivity index (χ1v) is 6.24. The number of nitrogens with two attached hydrogens (primary N) is 1. The Morgan fingerprint density at radius 3 is 2.45 bits per heavy atom. The summed E-state index contributed by atoms with van der Waals surface area (Å²) in [6.45, 7) is 0. The Hall–Kier alpha value is -2.05. The summed E-state index contributed by atoms with van der Waals surface area (Å²) in [5, 5.41) is 6.88. The minimum Gasteiger partial charge on any atom is -0.396 e. The molecular weight excluding hydrogens is 303 g/mol. The van der Waals surface area contributed by atoms with Crippen molar-refractivity contribution in [3.05, 3.63) is 50.4 Å². The van der Waals surface area contributed by atoms with E-state index >= 15 is 0 Å². The normalized spacial score (nSPS) is 10.3. The molecule has 2 aromatic rings. The number of benzene rings is 1. The van der Waals surface area contributed by atoms with Crippen molar-refractivity contribution in [3.8, 4) is 0 Å². The molecular formula is C12H10Cl2N4O2. The number of halogens is 2. The highest BCUT2D eigenvalue weighted by molar-refractivity contribution is 6.39.